The standard InChI is InChI=1S/C17H17NO/c1-12-4-6-14(10-17(12)19-3)15-7-9-16-8-5-13(2)18(16)11-15/h4-11H,1-3H3. The molecule has 0 spiro atoms. The van der Waals surface area contributed by atoms with Gasteiger partial charge < -0.3 is 9.14 Å². The first-order valence-corrected chi connectivity index (χ1v) is 6.42. The molecule has 3 rings (SSSR count). The Morgan fingerprint density at radius 3 is 2.42 bits per heavy atom. The molecule has 0 radical (unpaired) electrons. The Bertz CT molecular complexity index is 740. The van der Waals surface area contributed by atoms with Crippen LogP contribution >= 0.6 is 0 Å². The molecule has 19 heavy (non-hydrogen) atoms. The summed E-state index contributed by atoms with van der Waals surface area (Å²) in [5.74, 6) is 0.932. The van der Waals surface area contributed by atoms with E-state index in [1.165, 1.54) is 22.3 Å². The van der Waals surface area contributed by atoms with Crippen LogP contribution < -0.4 is 4.74 Å². The second-order valence-corrected chi connectivity index (χ2v) is 4.87. The van der Waals surface area contributed by atoms with Crippen LogP contribution in [0.2, 0.25) is 0 Å². The fourth-order valence-electron chi connectivity index (χ4n) is 2.41. The van der Waals surface area contributed by atoms with Crippen LogP contribution in [0.5, 0.6) is 5.75 Å². The minimum absolute atomic E-state index is 0.932. The number of ether oxygens (including phenoxy) is 1. The molecule has 0 saturated carbocycles. The second kappa shape index (κ2) is 4.47. The van der Waals surface area contributed by atoms with E-state index in [-0.39, 0.29) is 0 Å². The molecule has 0 amide bonds. The highest BCUT2D eigenvalue weighted by Crippen LogP contribution is 2.27. The lowest BCUT2D eigenvalue weighted by Crippen LogP contribution is -1.90. The molecule has 0 fully saturated rings. The predicted octanol–water partition coefficient (Wildman–Crippen LogP) is 4.23. The highest BCUT2D eigenvalue weighted by atomic mass is 16.5. The van der Waals surface area contributed by atoms with Crippen LogP contribution in [0.3, 0.4) is 0 Å². The molecular formula is C17H17NO. The van der Waals surface area contributed by atoms with Crippen LogP contribution in [0.15, 0.2) is 48.7 Å². The van der Waals surface area contributed by atoms with Crippen molar-refractivity contribution in [3.63, 3.8) is 0 Å². The van der Waals surface area contributed by atoms with Gasteiger partial charge in [0.05, 0.1) is 7.11 Å². The molecule has 1 aromatic carbocycles. The lowest BCUT2D eigenvalue weighted by molar-refractivity contribution is 0.412. The molecular weight excluding hydrogens is 234 g/mol. The number of hydrogen-bond donors (Lipinski definition) is 0. The van der Waals surface area contributed by atoms with E-state index in [1.54, 1.807) is 7.11 Å². The zero-order valence-electron chi connectivity index (χ0n) is 11.5. The molecule has 0 N–H and O–H groups in total. The van der Waals surface area contributed by atoms with Crippen molar-refractivity contribution in [2.75, 3.05) is 7.11 Å². The van der Waals surface area contributed by atoms with Crippen molar-refractivity contribution in [1.29, 1.82) is 0 Å². The van der Waals surface area contributed by atoms with Crippen molar-refractivity contribution in [2.24, 2.45) is 0 Å². The Morgan fingerprint density at radius 1 is 0.895 bits per heavy atom. The molecule has 3 aromatic rings. The molecule has 2 heterocycles. The van der Waals surface area contributed by atoms with Gasteiger partial charge in [0.25, 0.3) is 0 Å². The average molecular weight is 251 g/mol. The Balaban J connectivity index is 2.15. The first-order valence-electron chi connectivity index (χ1n) is 6.42. The van der Waals surface area contributed by atoms with Gasteiger partial charge in [-0.3, -0.25) is 0 Å². The number of pyridine rings is 1. The molecule has 0 saturated heterocycles. The molecule has 0 aliphatic carbocycles. The maximum absolute atomic E-state index is 5.40. The van der Waals surface area contributed by atoms with Crippen molar-refractivity contribution in [3.8, 4) is 16.9 Å². The fourth-order valence-corrected chi connectivity index (χ4v) is 2.41. The van der Waals surface area contributed by atoms with E-state index < -0.39 is 0 Å². The van der Waals surface area contributed by atoms with Crippen molar-refractivity contribution in [1.82, 2.24) is 4.40 Å². The molecule has 2 nitrogen and oxygen atoms in total. The SMILES string of the molecule is COc1cc(-c2ccc3ccc(C)n3c2)ccc1C. The minimum Gasteiger partial charge on any atom is -0.496 e. The zero-order valence-corrected chi connectivity index (χ0v) is 11.5. The first kappa shape index (κ1) is 11.8. The quantitative estimate of drug-likeness (QED) is 0.664. The lowest BCUT2D eigenvalue weighted by Gasteiger charge is -2.09. The second-order valence-electron chi connectivity index (χ2n) is 4.87. The number of rotatable bonds is 2. The summed E-state index contributed by atoms with van der Waals surface area (Å²) in [7, 11) is 1.71. The molecule has 0 aliphatic rings. The number of nitrogens with zero attached hydrogens (tertiary/aromatic N) is 1. The van der Waals surface area contributed by atoms with Crippen molar-refractivity contribution in [2.45, 2.75) is 13.8 Å². The summed E-state index contributed by atoms with van der Waals surface area (Å²) in [6.07, 6.45) is 2.18. The number of benzene rings is 1. The highest BCUT2D eigenvalue weighted by Gasteiger charge is 2.04. The maximum Gasteiger partial charge on any atom is 0.122 e. The molecule has 2 heteroatoms. The van der Waals surface area contributed by atoms with Gasteiger partial charge in [-0.05, 0) is 54.8 Å². The van der Waals surface area contributed by atoms with E-state index in [1.807, 2.05) is 0 Å². The summed E-state index contributed by atoms with van der Waals surface area (Å²) in [6, 6.07) is 14.9. The van der Waals surface area contributed by atoms with Gasteiger partial charge in [-0.1, -0.05) is 18.2 Å². The van der Waals surface area contributed by atoms with Crippen LogP contribution in [-0.2, 0) is 0 Å². The average Bonchev–Trinajstić information content (AvgIpc) is 2.80. The fraction of sp³-hybridized carbons (Fsp3) is 0.176. The normalized spacial score (nSPS) is 10.9. The first-order chi connectivity index (χ1) is 9.19. The van der Waals surface area contributed by atoms with Gasteiger partial charge in [0, 0.05) is 17.4 Å². The van der Waals surface area contributed by atoms with Gasteiger partial charge >= 0.3 is 0 Å². The smallest absolute Gasteiger partial charge is 0.122 e. The van der Waals surface area contributed by atoms with E-state index in [9.17, 15) is 0 Å². The van der Waals surface area contributed by atoms with Gasteiger partial charge in [0.2, 0.25) is 0 Å². The van der Waals surface area contributed by atoms with Crippen molar-refractivity contribution in [3.05, 3.63) is 59.9 Å². The zero-order chi connectivity index (χ0) is 13.4. The van der Waals surface area contributed by atoms with Gasteiger partial charge in [-0.25, -0.2) is 0 Å². The van der Waals surface area contributed by atoms with Gasteiger partial charge in [0.15, 0.2) is 0 Å². The summed E-state index contributed by atoms with van der Waals surface area (Å²) in [4.78, 5) is 0. The van der Waals surface area contributed by atoms with E-state index in [2.05, 4.69) is 66.9 Å². The van der Waals surface area contributed by atoms with Gasteiger partial charge in [-0.15, -0.1) is 0 Å². The largest absolute Gasteiger partial charge is 0.496 e. The Labute approximate surface area is 113 Å². The van der Waals surface area contributed by atoms with Crippen LogP contribution in [0.1, 0.15) is 11.3 Å². The summed E-state index contributed by atoms with van der Waals surface area (Å²) in [5, 5.41) is 0. The number of methoxy groups -OCH3 is 1. The number of hydrogen-bond acceptors (Lipinski definition) is 1. The van der Waals surface area contributed by atoms with Crippen molar-refractivity contribution < 1.29 is 4.74 Å². The van der Waals surface area contributed by atoms with Crippen LogP contribution in [0.25, 0.3) is 16.6 Å². The molecule has 0 bridgehead atoms. The van der Waals surface area contributed by atoms with Crippen LogP contribution in [0, 0.1) is 13.8 Å². The third-order valence-electron chi connectivity index (χ3n) is 3.60. The molecule has 96 valence electrons. The van der Waals surface area contributed by atoms with Crippen LogP contribution in [-0.4, -0.2) is 11.5 Å². The molecule has 0 aliphatic heterocycles. The summed E-state index contributed by atoms with van der Waals surface area (Å²) in [5.41, 5.74) is 6.00. The third-order valence-corrected chi connectivity index (χ3v) is 3.60. The minimum atomic E-state index is 0.932. The summed E-state index contributed by atoms with van der Waals surface area (Å²) >= 11 is 0. The number of fused-ring (bicyclic) bond motifs is 1. The summed E-state index contributed by atoms with van der Waals surface area (Å²) < 4.78 is 7.61. The predicted molar refractivity (Wildman–Crippen MR) is 78.9 cm³/mol. The van der Waals surface area contributed by atoms with Crippen LogP contribution in [0.4, 0.5) is 0 Å². The Hall–Kier alpha value is -2.22. The van der Waals surface area contributed by atoms with E-state index in [0.29, 0.717) is 0 Å². The number of aromatic nitrogens is 1. The van der Waals surface area contributed by atoms with E-state index in [0.717, 1.165) is 11.3 Å². The monoisotopic (exact) mass is 251 g/mol. The third kappa shape index (κ3) is 1.99. The van der Waals surface area contributed by atoms with E-state index >= 15 is 0 Å². The van der Waals surface area contributed by atoms with E-state index in [4.69, 9.17) is 4.74 Å². The van der Waals surface area contributed by atoms with Crippen molar-refractivity contribution >= 4 is 5.52 Å². The summed E-state index contributed by atoms with van der Waals surface area (Å²) in [6.45, 7) is 4.18. The Morgan fingerprint density at radius 2 is 1.63 bits per heavy atom. The number of aryl methyl sites for hydroxylation is 2. The topological polar surface area (TPSA) is 13.6 Å². The highest BCUT2D eigenvalue weighted by molar-refractivity contribution is 5.68. The maximum atomic E-state index is 5.40. The van der Waals surface area contributed by atoms with Gasteiger partial charge in [0.1, 0.15) is 5.75 Å². The Kier molecular flexibility index (Phi) is 2.79. The molecule has 2 aromatic heterocycles. The lowest BCUT2D eigenvalue weighted by atomic mass is 10.1. The molecule has 0 unspecified atom stereocenters. The molecule has 0 atom stereocenters. The van der Waals surface area contributed by atoms with Gasteiger partial charge in [-0.2, -0.15) is 0 Å².